The van der Waals surface area contributed by atoms with Crippen LogP contribution >= 0.6 is 22.6 Å². The summed E-state index contributed by atoms with van der Waals surface area (Å²) in [6.45, 7) is 8.11. The highest BCUT2D eigenvalue weighted by Crippen LogP contribution is 2.08. The van der Waals surface area contributed by atoms with Crippen LogP contribution in [0, 0.1) is 0 Å². The van der Waals surface area contributed by atoms with Gasteiger partial charge in [-0.1, -0.05) is 18.6 Å². The molecule has 1 N–H and O–H groups in total. The van der Waals surface area contributed by atoms with E-state index >= 15 is 0 Å². The molecule has 0 fully saturated rings. The second-order valence-corrected chi connectivity index (χ2v) is 4.74. The number of allylic oxidation sites excluding steroid dienone is 2. The SMILES string of the molecule is C=N/C(I)=C\C=C(/C)CN(CCC)C(=O)CO. The zero-order valence-electron chi connectivity index (χ0n) is 10.3. The van der Waals surface area contributed by atoms with E-state index in [1.165, 1.54) is 0 Å². The maximum Gasteiger partial charge on any atom is 0.248 e. The van der Waals surface area contributed by atoms with Gasteiger partial charge in [0.25, 0.3) is 0 Å². The van der Waals surface area contributed by atoms with E-state index in [9.17, 15) is 4.79 Å². The Morgan fingerprint density at radius 1 is 1.53 bits per heavy atom. The molecule has 5 heteroatoms. The van der Waals surface area contributed by atoms with Crippen LogP contribution in [0.4, 0.5) is 0 Å². The summed E-state index contributed by atoms with van der Waals surface area (Å²) >= 11 is 2.08. The lowest BCUT2D eigenvalue weighted by Gasteiger charge is -2.21. The summed E-state index contributed by atoms with van der Waals surface area (Å²) in [6, 6.07) is 0. The molecule has 0 heterocycles. The van der Waals surface area contributed by atoms with Crippen molar-refractivity contribution in [2.75, 3.05) is 19.7 Å². The van der Waals surface area contributed by atoms with Gasteiger partial charge in [0, 0.05) is 13.1 Å². The fourth-order valence-corrected chi connectivity index (χ4v) is 1.46. The molecule has 0 aliphatic rings. The number of aliphatic hydroxyl groups excluding tert-OH is 1. The number of hydrogen-bond donors (Lipinski definition) is 1. The van der Waals surface area contributed by atoms with Crippen LogP contribution in [-0.2, 0) is 4.79 Å². The highest BCUT2D eigenvalue weighted by molar-refractivity contribution is 14.1. The highest BCUT2D eigenvalue weighted by Gasteiger charge is 2.10. The molecule has 0 aromatic rings. The van der Waals surface area contributed by atoms with E-state index in [4.69, 9.17) is 5.11 Å². The first kappa shape index (κ1) is 16.3. The number of amides is 1. The number of hydrogen-bond acceptors (Lipinski definition) is 3. The van der Waals surface area contributed by atoms with Gasteiger partial charge in [0.1, 0.15) is 10.3 Å². The summed E-state index contributed by atoms with van der Waals surface area (Å²) in [5.41, 5.74) is 1.04. The molecule has 0 aliphatic carbocycles. The molecule has 0 aliphatic heterocycles. The summed E-state index contributed by atoms with van der Waals surface area (Å²) in [7, 11) is 0. The average molecular weight is 350 g/mol. The molecule has 96 valence electrons. The van der Waals surface area contributed by atoms with Crippen LogP contribution in [0.3, 0.4) is 0 Å². The summed E-state index contributed by atoms with van der Waals surface area (Å²) in [5, 5.41) is 8.85. The Hall–Kier alpha value is -0.690. The number of aliphatic imine (C=N–C) groups is 1. The van der Waals surface area contributed by atoms with Crippen molar-refractivity contribution in [3.63, 3.8) is 0 Å². The molecular formula is C12H19IN2O2. The van der Waals surface area contributed by atoms with Gasteiger partial charge in [-0.2, -0.15) is 0 Å². The minimum absolute atomic E-state index is 0.236. The van der Waals surface area contributed by atoms with E-state index in [1.54, 1.807) is 4.90 Å². The summed E-state index contributed by atoms with van der Waals surface area (Å²) in [4.78, 5) is 16.8. The highest BCUT2D eigenvalue weighted by atomic mass is 127. The van der Waals surface area contributed by atoms with Crippen molar-refractivity contribution in [1.29, 1.82) is 0 Å². The molecule has 4 nitrogen and oxygen atoms in total. The second-order valence-electron chi connectivity index (χ2n) is 3.63. The first-order valence-corrected chi connectivity index (χ1v) is 6.51. The van der Waals surface area contributed by atoms with E-state index in [0.29, 0.717) is 13.1 Å². The van der Waals surface area contributed by atoms with Crippen LogP contribution in [-0.4, -0.2) is 42.3 Å². The van der Waals surface area contributed by atoms with Crippen LogP contribution < -0.4 is 0 Å². The predicted molar refractivity (Wildman–Crippen MR) is 79.4 cm³/mol. The predicted octanol–water partition coefficient (Wildman–Crippen LogP) is 2.14. The van der Waals surface area contributed by atoms with Gasteiger partial charge in [0.2, 0.25) is 5.91 Å². The first-order valence-electron chi connectivity index (χ1n) is 5.43. The van der Waals surface area contributed by atoms with Gasteiger partial charge in [-0.15, -0.1) is 0 Å². The lowest BCUT2D eigenvalue weighted by molar-refractivity contribution is -0.133. The number of carbonyl (C=O) groups is 1. The molecule has 0 spiro atoms. The Balaban J connectivity index is 4.54. The Labute approximate surface area is 116 Å². The number of carbonyl (C=O) groups excluding carboxylic acids is 1. The zero-order chi connectivity index (χ0) is 13.3. The fourth-order valence-electron chi connectivity index (χ4n) is 1.28. The molecule has 0 bridgehead atoms. The number of rotatable bonds is 7. The Morgan fingerprint density at radius 3 is 2.65 bits per heavy atom. The molecule has 0 atom stereocenters. The summed E-state index contributed by atoms with van der Waals surface area (Å²) in [6.07, 6.45) is 4.63. The van der Waals surface area contributed by atoms with E-state index in [2.05, 4.69) is 34.3 Å². The minimum Gasteiger partial charge on any atom is -0.387 e. The van der Waals surface area contributed by atoms with Crippen molar-refractivity contribution >= 4 is 35.2 Å². The smallest absolute Gasteiger partial charge is 0.248 e. The molecule has 0 saturated carbocycles. The van der Waals surface area contributed by atoms with Gasteiger partial charge in [-0.3, -0.25) is 9.79 Å². The van der Waals surface area contributed by atoms with E-state index in [-0.39, 0.29) is 5.91 Å². The largest absolute Gasteiger partial charge is 0.387 e. The molecule has 0 unspecified atom stereocenters. The molecule has 0 aromatic heterocycles. The lowest BCUT2D eigenvalue weighted by Crippen LogP contribution is -2.35. The van der Waals surface area contributed by atoms with Crippen LogP contribution in [0.1, 0.15) is 20.3 Å². The topological polar surface area (TPSA) is 52.9 Å². The third-order valence-corrected chi connectivity index (χ3v) is 2.78. The average Bonchev–Trinajstić information content (AvgIpc) is 2.34. The number of halogens is 1. The van der Waals surface area contributed by atoms with Crippen molar-refractivity contribution < 1.29 is 9.90 Å². The molecule has 1 amide bonds. The third kappa shape index (κ3) is 7.27. The maximum absolute atomic E-state index is 11.4. The van der Waals surface area contributed by atoms with E-state index in [1.807, 2.05) is 26.0 Å². The van der Waals surface area contributed by atoms with Crippen LogP contribution in [0.5, 0.6) is 0 Å². The van der Waals surface area contributed by atoms with Crippen molar-refractivity contribution in [3.8, 4) is 0 Å². The fraction of sp³-hybridized carbons (Fsp3) is 0.500. The Morgan fingerprint density at radius 2 is 2.18 bits per heavy atom. The van der Waals surface area contributed by atoms with Crippen molar-refractivity contribution in [2.45, 2.75) is 20.3 Å². The van der Waals surface area contributed by atoms with Gasteiger partial charge in [0.05, 0.1) is 0 Å². The van der Waals surface area contributed by atoms with Gasteiger partial charge in [0.15, 0.2) is 0 Å². The second kappa shape index (κ2) is 9.35. The van der Waals surface area contributed by atoms with Gasteiger partial charge in [-0.05, 0) is 48.7 Å². The molecular weight excluding hydrogens is 331 g/mol. The molecule has 0 rings (SSSR count). The minimum atomic E-state index is -0.436. The Bertz CT molecular complexity index is 324. The number of nitrogens with zero attached hydrogens (tertiary/aromatic N) is 2. The molecule has 0 aromatic carbocycles. The molecule has 17 heavy (non-hydrogen) atoms. The van der Waals surface area contributed by atoms with Crippen LogP contribution in [0.15, 0.2) is 26.4 Å². The van der Waals surface area contributed by atoms with Crippen molar-refractivity contribution in [3.05, 3.63) is 21.4 Å². The summed E-state index contributed by atoms with van der Waals surface area (Å²) < 4.78 is 0.803. The maximum atomic E-state index is 11.4. The van der Waals surface area contributed by atoms with Crippen LogP contribution in [0.2, 0.25) is 0 Å². The quantitative estimate of drug-likeness (QED) is 0.331. The third-order valence-electron chi connectivity index (χ3n) is 2.08. The van der Waals surface area contributed by atoms with Gasteiger partial charge in [-0.25, -0.2) is 0 Å². The van der Waals surface area contributed by atoms with E-state index < -0.39 is 6.61 Å². The summed E-state index contributed by atoms with van der Waals surface area (Å²) in [5.74, 6) is -0.236. The monoisotopic (exact) mass is 350 g/mol. The van der Waals surface area contributed by atoms with Crippen LogP contribution in [0.25, 0.3) is 0 Å². The first-order chi connectivity index (χ1) is 8.04. The molecule has 0 saturated heterocycles. The normalized spacial score (nSPS) is 12.5. The molecule has 0 radical (unpaired) electrons. The lowest BCUT2D eigenvalue weighted by atomic mass is 10.2. The standard InChI is InChI=1S/C12H19IN2O2/c1-4-7-15(12(17)9-16)8-10(2)5-6-11(13)14-3/h5-6,16H,3-4,7-9H2,1-2H3/b10-5+,11-6-. The van der Waals surface area contributed by atoms with Gasteiger partial charge < -0.3 is 10.0 Å². The number of aliphatic hydroxyl groups is 1. The van der Waals surface area contributed by atoms with Crippen molar-refractivity contribution in [2.24, 2.45) is 4.99 Å². The van der Waals surface area contributed by atoms with Crippen molar-refractivity contribution in [1.82, 2.24) is 4.90 Å². The zero-order valence-corrected chi connectivity index (χ0v) is 12.5. The van der Waals surface area contributed by atoms with E-state index in [0.717, 1.165) is 15.7 Å². The van der Waals surface area contributed by atoms with Gasteiger partial charge >= 0.3 is 0 Å². The Kier molecular flexibility index (Phi) is 8.97.